The van der Waals surface area contributed by atoms with Gasteiger partial charge in [-0.05, 0) is 19.3 Å². The SMILES string of the molecule is CCNC(=NCCc1csc(CC)n1)N1CCSC(C(C)C)C1.I. The van der Waals surface area contributed by atoms with Crippen molar-refractivity contribution in [1.29, 1.82) is 0 Å². The summed E-state index contributed by atoms with van der Waals surface area (Å²) in [6, 6.07) is 0. The molecule has 0 amide bonds. The summed E-state index contributed by atoms with van der Waals surface area (Å²) in [5.41, 5.74) is 1.18. The summed E-state index contributed by atoms with van der Waals surface area (Å²) in [5, 5.41) is 7.57. The minimum atomic E-state index is 0. The van der Waals surface area contributed by atoms with Gasteiger partial charge in [0.1, 0.15) is 0 Å². The van der Waals surface area contributed by atoms with E-state index in [-0.39, 0.29) is 24.0 Å². The van der Waals surface area contributed by atoms with E-state index >= 15 is 0 Å². The minimum absolute atomic E-state index is 0. The number of hydrogen-bond donors (Lipinski definition) is 1. The molecule has 1 aliphatic rings. The topological polar surface area (TPSA) is 40.5 Å². The molecule has 0 radical (unpaired) electrons. The molecule has 1 aliphatic heterocycles. The van der Waals surface area contributed by atoms with Crippen LogP contribution in [0.4, 0.5) is 0 Å². The molecular weight excluding hydrogens is 451 g/mol. The molecule has 2 rings (SSSR count). The first-order chi connectivity index (χ1) is 11.1. The van der Waals surface area contributed by atoms with Crippen molar-refractivity contribution in [1.82, 2.24) is 15.2 Å². The molecule has 0 aliphatic carbocycles. The van der Waals surface area contributed by atoms with Gasteiger partial charge in [0.2, 0.25) is 0 Å². The highest BCUT2D eigenvalue weighted by atomic mass is 127. The van der Waals surface area contributed by atoms with Crippen molar-refractivity contribution < 1.29 is 0 Å². The van der Waals surface area contributed by atoms with E-state index in [1.165, 1.54) is 16.5 Å². The first-order valence-electron chi connectivity index (χ1n) is 8.72. The molecule has 4 nitrogen and oxygen atoms in total. The molecule has 1 atom stereocenters. The Morgan fingerprint density at radius 2 is 2.25 bits per heavy atom. The first kappa shape index (κ1) is 22.0. The highest BCUT2D eigenvalue weighted by molar-refractivity contribution is 14.0. The zero-order valence-corrected chi connectivity index (χ0v) is 19.2. The van der Waals surface area contributed by atoms with Gasteiger partial charge in [0, 0.05) is 49.0 Å². The second kappa shape index (κ2) is 11.6. The molecule has 0 saturated carbocycles. The predicted molar refractivity (Wildman–Crippen MR) is 119 cm³/mol. The van der Waals surface area contributed by atoms with Gasteiger partial charge in [-0.25, -0.2) is 4.98 Å². The highest BCUT2D eigenvalue weighted by Gasteiger charge is 2.24. The molecule has 1 saturated heterocycles. The normalized spacial score (nSPS) is 18.6. The average molecular weight is 483 g/mol. The number of rotatable bonds is 6. The number of thioether (sulfide) groups is 1. The number of nitrogens with zero attached hydrogens (tertiary/aromatic N) is 3. The van der Waals surface area contributed by atoms with Gasteiger partial charge in [0.25, 0.3) is 0 Å². The van der Waals surface area contributed by atoms with Crippen molar-refractivity contribution in [2.24, 2.45) is 10.9 Å². The molecule has 1 aromatic heterocycles. The van der Waals surface area contributed by atoms with Crippen molar-refractivity contribution in [3.05, 3.63) is 16.1 Å². The lowest BCUT2D eigenvalue weighted by molar-refractivity contribution is 0.381. The van der Waals surface area contributed by atoms with E-state index in [1.54, 1.807) is 11.3 Å². The maximum Gasteiger partial charge on any atom is 0.193 e. The molecule has 1 aromatic rings. The van der Waals surface area contributed by atoms with Crippen LogP contribution < -0.4 is 5.32 Å². The highest BCUT2D eigenvalue weighted by Crippen LogP contribution is 2.24. The van der Waals surface area contributed by atoms with Crippen LogP contribution in [0.3, 0.4) is 0 Å². The second-order valence-corrected chi connectivity index (χ2v) is 8.46. The van der Waals surface area contributed by atoms with Crippen LogP contribution in [-0.4, -0.2) is 53.0 Å². The molecule has 24 heavy (non-hydrogen) atoms. The lowest BCUT2D eigenvalue weighted by Gasteiger charge is -2.36. The minimum Gasteiger partial charge on any atom is -0.357 e. The van der Waals surface area contributed by atoms with Gasteiger partial charge in [0.05, 0.1) is 10.7 Å². The number of thiazole rings is 1. The fraction of sp³-hybridized carbons (Fsp3) is 0.765. The van der Waals surface area contributed by atoms with Crippen LogP contribution in [-0.2, 0) is 12.8 Å². The Morgan fingerprint density at radius 1 is 1.46 bits per heavy atom. The van der Waals surface area contributed by atoms with Crippen LogP contribution in [0.15, 0.2) is 10.4 Å². The van der Waals surface area contributed by atoms with Crippen molar-refractivity contribution in [2.45, 2.75) is 45.8 Å². The monoisotopic (exact) mass is 482 g/mol. The van der Waals surface area contributed by atoms with Crippen LogP contribution in [0.2, 0.25) is 0 Å². The van der Waals surface area contributed by atoms with Crippen molar-refractivity contribution in [3.8, 4) is 0 Å². The van der Waals surface area contributed by atoms with Gasteiger partial charge in [0.15, 0.2) is 5.96 Å². The van der Waals surface area contributed by atoms with Crippen molar-refractivity contribution >= 4 is 53.0 Å². The van der Waals surface area contributed by atoms with Crippen LogP contribution in [0.25, 0.3) is 0 Å². The first-order valence-corrected chi connectivity index (χ1v) is 10.6. The van der Waals surface area contributed by atoms with E-state index in [1.807, 2.05) is 0 Å². The summed E-state index contributed by atoms with van der Waals surface area (Å²) < 4.78 is 0. The van der Waals surface area contributed by atoms with Gasteiger partial charge in [-0.15, -0.1) is 35.3 Å². The molecule has 138 valence electrons. The number of halogens is 1. The number of guanidine groups is 1. The predicted octanol–water partition coefficient (Wildman–Crippen LogP) is 3.90. The molecule has 1 N–H and O–H groups in total. The van der Waals surface area contributed by atoms with Gasteiger partial charge in [-0.1, -0.05) is 20.8 Å². The third kappa shape index (κ3) is 6.71. The lowest BCUT2D eigenvalue weighted by atomic mass is 10.1. The Kier molecular flexibility index (Phi) is 10.6. The molecule has 1 fully saturated rings. The number of aromatic nitrogens is 1. The smallest absolute Gasteiger partial charge is 0.193 e. The Hall–Kier alpha value is -0.0200. The molecular formula is C17H31IN4S2. The Bertz CT molecular complexity index is 505. The zero-order valence-electron chi connectivity index (χ0n) is 15.2. The number of hydrogen-bond acceptors (Lipinski definition) is 4. The van der Waals surface area contributed by atoms with E-state index in [9.17, 15) is 0 Å². The number of aryl methyl sites for hydroxylation is 1. The fourth-order valence-corrected chi connectivity index (χ4v) is 4.68. The lowest BCUT2D eigenvalue weighted by Crippen LogP contribution is -2.49. The third-order valence-electron chi connectivity index (χ3n) is 4.00. The van der Waals surface area contributed by atoms with Gasteiger partial charge >= 0.3 is 0 Å². The Morgan fingerprint density at radius 3 is 2.88 bits per heavy atom. The van der Waals surface area contributed by atoms with Crippen molar-refractivity contribution in [2.75, 3.05) is 31.9 Å². The third-order valence-corrected chi connectivity index (χ3v) is 6.58. The van der Waals surface area contributed by atoms with Gasteiger partial charge < -0.3 is 10.2 Å². The largest absolute Gasteiger partial charge is 0.357 e. The molecule has 0 aromatic carbocycles. The summed E-state index contributed by atoms with van der Waals surface area (Å²) in [6.45, 7) is 12.9. The van der Waals surface area contributed by atoms with E-state index in [0.717, 1.165) is 45.0 Å². The van der Waals surface area contributed by atoms with Gasteiger partial charge in [-0.3, -0.25) is 4.99 Å². The quantitative estimate of drug-likeness (QED) is 0.379. The van der Waals surface area contributed by atoms with E-state index < -0.39 is 0 Å². The van der Waals surface area contributed by atoms with Crippen LogP contribution in [0, 0.1) is 5.92 Å². The second-order valence-electron chi connectivity index (χ2n) is 6.17. The molecule has 0 bridgehead atoms. The van der Waals surface area contributed by atoms with E-state index in [0.29, 0.717) is 11.2 Å². The summed E-state index contributed by atoms with van der Waals surface area (Å²) >= 11 is 3.87. The summed E-state index contributed by atoms with van der Waals surface area (Å²) in [4.78, 5) is 11.9. The molecule has 1 unspecified atom stereocenters. The average Bonchev–Trinajstić information content (AvgIpc) is 3.02. The standard InChI is InChI=1S/C17H30N4S2.HI/c1-5-16-20-14(12-23-16)7-8-19-17(18-6-2)21-9-10-22-15(11-21)13(3)4;/h12-13,15H,5-11H2,1-4H3,(H,18,19);1H. The fourth-order valence-electron chi connectivity index (χ4n) is 2.60. The maximum atomic E-state index is 4.85. The summed E-state index contributed by atoms with van der Waals surface area (Å²) in [6.07, 6.45) is 1.96. The zero-order chi connectivity index (χ0) is 16.7. The Balaban J connectivity index is 0.00000288. The number of aliphatic imine (C=N–C) groups is 1. The van der Waals surface area contributed by atoms with E-state index in [2.05, 4.69) is 60.0 Å². The van der Waals surface area contributed by atoms with E-state index in [4.69, 9.17) is 4.99 Å². The summed E-state index contributed by atoms with van der Waals surface area (Å²) in [7, 11) is 0. The Labute approximate surface area is 172 Å². The van der Waals surface area contributed by atoms with Gasteiger partial charge in [-0.2, -0.15) is 11.8 Å². The molecule has 7 heteroatoms. The van der Waals surface area contributed by atoms with Crippen LogP contribution in [0.1, 0.15) is 38.4 Å². The van der Waals surface area contributed by atoms with Crippen LogP contribution >= 0.6 is 47.1 Å². The molecule has 0 spiro atoms. The van der Waals surface area contributed by atoms with Crippen LogP contribution in [0.5, 0.6) is 0 Å². The summed E-state index contributed by atoms with van der Waals surface area (Å²) in [5.74, 6) is 2.98. The van der Waals surface area contributed by atoms with Crippen molar-refractivity contribution in [3.63, 3.8) is 0 Å². The molecule has 2 heterocycles. The maximum absolute atomic E-state index is 4.85. The number of nitrogens with one attached hydrogen (secondary N) is 1.